The number of halogens is 1. The molecule has 0 spiro atoms. The van der Waals surface area contributed by atoms with Crippen molar-refractivity contribution in [2.45, 2.75) is 19.8 Å². The molecule has 1 amide bonds. The molecule has 24 heavy (non-hydrogen) atoms. The second kappa shape index (κ2) is 9.13. The number of amides is 1. The number of benzene rings is 1. The minimum atomic E-state index is -0.337. The monoisotopic (exact) mass is 330 g/mol. The molecule has 0 aliphatic heterocycles. The zero-order valence-electron chi connectivity index (χ0n) is 13.8. The van der Waals surface area contributed by atoms with Crippen LogP contribution in [0.1, 0.15) is 18.2 Å². The molecule has 1 aromatic heterocycles. The molecule has 0 fully saturated rings. The smallest absolute Gasteiger partial charge is 0.223 e. The van der Waals surface area contributed by atoms with E-state index in [1.807, 2.05) is 18.2 Å². The van der Waals surface area contributed by atoms with Gasteiger partial charge in [-0.15, -0.1) is 0 Å². The molecule has 2 rings (SSSR count). The lowest BCUT2D eigenvalue weighted by molar-refractivity contribution is -0.124. The minimum absolute atomic E-state index is 0.0292. The van der Waals surface area contributed by atoms with E-state index in [9.17, 15) is 14.3 Å². The first-order valence-electron chi connectivity index (χ1n) is 8.12. The number of nitrogens with one attached hydrogen (secondary N) is 1. The average Bonchev–Trinajstić information content (AvgIpc) is 2.61. The van der Waals surface area contributed by atoms with Crippen LogP contribution in [0.4, 0.5) is 4.39 Å². The number of aromatic nitrogens is 1. The lowest BCUT2D eigenvalue weighted by atomic mass is 9.99. The van der Waals surface area contributed by atoms with E-state index in [0.29, 0.717) is 24.9 Å². The fourth-order valence-electron chi connectivity index (χ4n) is 2.52. The van der Waals surface area contributed by atoms with Gasteiger partial charge in [0.2, 0.25) is 5.91 Å². The second-order valence-corrected chi connectivity index (χ2v) is 6.02. The van der Waals surface area contributed by atoms with Crippen LogP contribution in [-0.2, 0) is 17.6 Å². The molecule has 128 valence electrons. The van der Waals surface area contributed by atoms with E-state index in [2.05, 4.69) is 10.3 Å². The molecular formula is C19H23FN2O2. The zero-order chi connectivity index (χ0) is 17.4. The summed E-state index contributed by atoms with van der Waals surface area (Å²) < 4.78 is 13.7. The Morgan fingerprint density at radius 3 is 2.62 bits per heavy atom. The highest BCUT2D eigenvalue weighted by molar-refractivity contribution is 5.78. The van der Waals surface area contributed by atoms with Gasteiger partial charge in [-0.2, -0.15) is 0 Å². The summed E-state index contributed by atoms with van der Waals surface area (Å²) >= 11 is 0. The molecule has 1 heterocycles. The molecule has 2 N–H and O–H groups in total. The van der Waals surface area contributed by atoms with Gasteiger partial charge in [0.25, 0.3) is 0 Å². The molecule has 0 saturated carbocycles. The van der Waals surface area contributed by atoms with Crippen LogP contribution < -0.4 is 5.32 Å². The summed E-state index contributed by atoms with van der Waals surface area (Å²) in [5.74, 6) is -0.862. The van der Waals surface area contributed by atoms with Crippen molar-refractivity contribution in [1.82, 2.24) is 10.3 Å². The van der Waals surface area contributed by atoms with E-state index in [1.54, 1.807) is 31.3 Å². The topological polar surface area (TPSA) is 62.2 Å². The van der Waals surface area contributed by atoms with E-state index in [0.717, 1.165) is 5.69 Å². The minimum Gasteiger partial charge on any atom is -0.396 e. The van der Waals surface area contributed by atoms with Crippen LogP contribution in [0.15, 0.2) is 48.7 Å². The van der Waals surface area contributed by atoms with Crippen LogP contribution in [0.25, 0.3) is 0 Å². The SMILES string of the molecule is CC(Cc1ccccc1F)C(=O)NCC(CO)Cc1ccccn1. The molecular weight excluding hydrogens is 307 g/mol. The summed E-state index contributed by atoms with van der Waals surface area (Å²) in [5, 5.41) is 12.3. The van der Waals surface area contributed by atoms with Gasteiger partial charge in [0, 0.05) is 36.9 Å². The molecule has 0 saturated heterocycles. The van der Waals surface area contributed by atoms with Crippen molar-refractivity contribution in [3.63, 3.8) is 0 Å². The van der Waals surface area contributed by atoms with Gasteiger partial charge in [-0.1, -0.05) is 31.2 Å². The lowest BCUT2D eigenvalue weighted by Gasteiger charge is -2.17. The van der Waals surface area contributed by atoms with Crippen molar-refractivity contribution in [3.8, 4) is 0 Å². The summed E-state index contributed by atoms with van der Waals surface area (Å²) in [7, 11) is 0. The van der Waals surface area contributed by atoms with E-state index >= 15 is 0 Å². The van der Waals surface area contributed by atoms with Gasteiger partial charge in [0.05, 0.1) is 0 Å². The normalized spacial score (nSPS) is 13.3. The first-order valence-corrected chi connectivity index (χ1v) is 8.12. The van der Waals surface area contributed by atoms with Crippen LogP contribution in [0.5, 0.6) is 0 Å². The molecule has 2 unspecified atom stereocenters. The molecule has 0 aliphatic carbocycles. The van der Waals surface area contributed by atoms with Gasteiger partial charge in [-0.05, 0) is 36.6 Å². The number of nitrogens with zero attached hydrogens (tertiary/aromatic N) is 1. The van der Waals surface area contributed by atoms with Crippen LogP contribution in [0.2, 0.25) is 0 Å². The molecule has 4 nitrogen and oxygen atoms in total. The Bertz CT molecular complexity index is 649. The van der Waals surface area contributed by atoms with Crippen molar-refractivity contribution in [1.29, 1.82) is 0 Å². The third-order valence-corrected chi connectivity index (χ3v) is 3.98. The molecule has 0 aliphatic rings. The lowest BCUT2D eigenvalue weighted by Crippen LogP contribution is -2.36. The highest BCUT2D eigenvalue weighted by Gasteiger charge is 2.17. The van der Waals surface area contributed by atoms with Gasteiger partial charge >= 0.3 is 0 Å². The number of hydrogen-bond donors (Lipinski definition) is 2. The van der Waals surface area contributed by atoms with Crippen molar-refractivity contribution in [2.24, 2.45) is 11.8 Å². The van der Waals surface area contributed by atoms with Gasteiger partial charge in [0.1, 0.15) is 5.82 Å². The maximum absolute atomic E-state index is 13.7. The van der Waals surface area contributed by atoms with Crippen molar-refractivity contribution < 1.29 is 14.3 Å². The van der Waals surface area contributed by atoms with Crippen LogP contribution >= 0.6 is 0 Å². The highest BCUT2D eigenvalue weighted by atomic mass is 19.1. The first kappa shape index (κ1) is 18.1. The van der Waals surface area contributed by atoms with Crippen molar-refractivity contribution in [3.05, 3.63) is 65.7 Å². The fourth-order valence-corrected chi connectivity index (χ4v) is 2.52. The number of hydrogen-bond acceptors (Lipinski definition) is 3. The summed E-state index contributed by atoms with van der Waals surface area (Å²) in [4.78, 5) is 16.4. The Hall–Kier alpha value is -2.27. The van der Waals surface area contributed by atoms with Gasteiger partial charge in [0.15, 0.2) is 0 Å². The Balaban J connectivity index is 1.83. The highest BCUT2D eigenvalue weighted by Crippen LogP contribution is 2.13. The van der Waals surface area contributed by atoms with E-state index in [4.69, 9.17) is 0 Å². The summed E-state index contributed by atoms with van der Waals surface area (Å²) in [6.07, 6.45) is 2.65. The van der Waals surface area contributed by atoms with Crippen LogP contribution in [0, 0.1) is 17.7 Å². The fraction of sp³-hybridized carbons (Fsp3) is 0.368. The maximum Gasteiger partial charge on any atom is 0.223 e. The van der Waals surface area contributed by atoms with Gasteiger partial charge in [-0.3, -0.25) is 9.78 Å². The van der Waals surface area contributed by atoms with E-state index in [1.165, 1.54) is 6.07 Å². The van der Waals surface area contributed by atoms with Gasteiger partial charge < -0.3 is 10.4 Å². The second-order valence-electron chi connectivity index (χ2n) is 6.02. The van der Waals surface area contributed by atoms with Crippen LogP contribution in [-0.4, -0.2) is 29.1 Å². The quantitative estimate of drug-likeness (QED) is 0.781. The molecule has 0 bridgehead atoms. The third-order valence-electron chi connectivity index (χ3n) is 3.98. The molecule has 1 aromatic carbocycles. The number of pyridine rings is 1. The molecule has 0 radical (unpaired) electrons. The first-order chi connectivity index (χ1) is 11.6. The zero-order valence-corrected chi connectivity index (χ0v) is 13.8. The summed E-state index contributed by atoms with van der Waals surface area (Å²) in [6.45, 7) is 2.11. The number of rotatable bonds is 8. The van der Waals surface area contributed by atoms with Crippen LogP contribution in [0.3, 0.4) is 0 Å². The van der Waals surface area contributed by atoms with Gasteiger partial charge in [-0.25, -0.2) is 4.39 Å². The van der Waals surface area contributed by atoms with Crippen molar-refractivity contribution in [2.75, 3.05) is 13.2 Å². The van der Waals surface area contributed by atoms with E-state index in [-0.39, 0.29) is 30.2 Å². The molecule has 2 aromatic rings. The third kappa shape index (κ3) is 5.42. The standard InChI is InChI=1S/C19H23FN2O2/c1-14(10-16-6-2-3-8-18(16)20)19(24)22-12-15(13-23)11-17-7-4-5-9-21-17/h2-9,14-15,23H,10-13H2,1H3,(H,22,24). The Morgan fingerprint density at radius 1 is 1.21 bits per heavy atom. The Morgan fingerprint density at radius 2 is 1.96 bits per heavy atom. The largest absolute Gasteiger partial charge is 0.396 e. The van der Waals surface area contributed by atoms with E-state index < -0.39 is 0 Å². The molecule has 5 heteroatoms. The Kier molecular flexibility index (Phi) is 6.88. The molecule has 2 atom stereocenters. The number of carbonyl (C=O) groups is 1. The Labute approximate surface area is 141 Å². The summed E-state index contributed by atoms with van der Waals surface area (Å²) in [6, 6.07) is 12.1. The predicted molar refractivity (Wildman–Crippen MR) is 90.8 cm³/mol. The van der Waals surface area contributed by atoms with Crippen molar-refractivity contribution >= 4 is 5.91 Å². The number of carbonyl (C=O) groups excluding carboxylic acids is 1. The predicted octanol–water partition coefficient (Wildman–Crippen LogP) is 2.37. The number of aliphatic hydroxyl groups is 1. The average molecular weight is 330 g/mol. The number of aliphatic hydroxyl groups excluding tert-OH is 1. The summed E-state index contributed by atoms with van der Waals surface area (Å²) in [5.41, 5.74) is 1.41. The maximum atomic E-state index is 13.7.